The van der Waals surface area contributed by atoms with Crippen molar-refractivity contribution >= 4 is 23.4 Å². The SMILES string of the molecule is CCOc1ccccc1NC(=O)CSCc1cc(=O)c(OCc2ccccc2)cn1C. The number of carbonyl (C=O) groups is 1. The number of thioether (sulfide) groups is 1. The van der Waals surface area contributed by atoms with Gasteiger partial charge in [0.2, 0.25) is 11.3 Å². The molecule has 0 fully saturated rings. The molecule has 0 spiro atoms. The second-order valence-electron chi connectivity index (χ2n) is 6.85. The van der Waals surface area contributed by atoms with Gasteiger partial charge >= 0.3 is 0 Å². The Kier molecular flexibility index (Phi) is 8.18. The Labute approximate surface area is 186 Å². The number of nitrogens with zero attached hydrogens (tertiary/aromatic N) is 1. The lowest BCUT2D eigenvalue weighted by molar-refractivity contribution is -0.113. The van der Waals surface area contributed by atoms with Crippen LogP contribution in [0.5, 0.6) is 11.5 Å². The molecule has 0 unspecified atom stereocenters. The number of hydrogen-bond donors (Lipinski definition) is 1. The van der Waals surface area contributed by atoms with Gasteiger partial charge in [-0.25, -0.2) is 0 Å². The molecule has 0 atom stereocenters. The molecule has 0 saturated heterocycles. The summed E-state index contributed by atoms with van der Waals surface area (Å²) in [5.41, 5.74) is 2.31. The van der Waals surface area contributed by atoms with Gasteiger partial charge in [0.05, 0.1) is 24.2 Å². The first kappa shape index (κ1) is 22.5. The average Bonchev–Trinajstić information content (AvgIpc) is 2.77. The van der Waals surface area contributed by atoms with Gasteiger partial charge in [-0.05, 0) is 24.6 Å². The summed E-state index contributed by atoms with van der Waals surface area (Å²) in [6.45, 7) is 2.77. The molecule has 0 radical (unpaired) electrons. The van der Waals surface area contributed by atoms with Crippen molar-refractivity contribution in [3.63, 3.8) is 0 Å². The summed E-state index contributed by atoms with van der Waals surface area (Å²) in [6, 6.07) is 18.6. The van der Waals surface area contributed by atoms with Crippen molar-refractivity contribution in [2.75, 3.05) is 17.7 Å². The molecule has 3 rings (SSSR count). The molecule has 2 aromatic carbocycles. The largest absolute Gasteiger partial charge is 0.492 e. The van der Waals surface area contributed by atoms with Crippen LogP contribution in [0.3, 0.4) is 0 Å². The standard InChI is InChI=1S/C24H26N2O4S/c1-3-29-22-12-8-7-11-20(22)25-24(28)17-31-16-19-13-21(27)23(14-26(19)2)30-15-18-9-5-4-6-10-18/h4-14H,3,15-17H2,1-2H3,(H,25,28). The van der Waals surface area contributed by atoms with Crippen molar-refractivity contribution in [3.8, 4) is 11.5 Å². The fraction of sp³-hybridized carbons (Fsp3) is 0.250. The minimum Gasteiger partial charge on any atom is -0.492 e. The second kappa shape index (κ2) is 11.3. The molecular formula is C24H26N2O4S. The Morgan fingerprint density at radius 3 is 2.55 bits per heavy atom. The second-order valence-corrected chi connectivity index (χ2v) is 7.83. The predicted octanol–water partition coefficient (Wildman–Crippen LogP) is 4.23. The summed E-state index contributed by atoms with van der Waals surface area (Å²) in [5, 5.41) is 2.88. The lowest BCUT2D eigenvalue weighted by atomic mass is 10.2. The number of aryl methyl sites for hydroxylation is 1. The number of pyridine rings is 1. The maximum atomic E-state index is 12.4. The third-order valence-electron chi connectivity index (χ3n) is 4.49. The van der Waals surface area contributed by atoms with E-state index in [4.69, 9.17) is 9.47 Å². The maximum absolute atomic E-state index is 12.4. The topological polar surface area (TPSA) is 69.6 Å². The Hall–Kier alpha value is -3.19. The number of amides is 1. The highest BCUT2D eigenvalue weighted by atomic mass is 32.2. The molecular weight excluding hydrogens is 412 g/mol. The van der Waals surface area contributed by atoms with Gasteiger partial charge in [0, 0.05) is 24.6 Å². The van der Waals surface area contributed by atoms with E-state index in [-0.39, 0.29) is 17.1 Å². The molecule has 1 N–H and O–H groups in total. The summed E-state index contributed by atoms with van der Waals surface area (Å²) < 4.78 is 13.1. The van der Waals surface area contributed by atoms with Gasteiger partial charge < -0.3 is 19.4 Å². The summed E-state index contributed by atoms with van der Waals surface area (Å²) in [6.07, 6.45) is 1.69. The number of ether oxygens (including phenoxy) is 2. The van der Waals surface area contributed by atoms with Crippen LogP contribution < -0.4 is 20.2 Å². The molecule has 0 saturated carbocycles. The fourth-order valence-corrected chi connectivity index (χ4v) is 3.78. The van der Waals surface area contributed by atoms with Crippen LogP contribution in [-0.4, -0.2) is 22.8 Å². The van der Waals surface area contributed by atoms with Gasteiger partial charge in [-0.1, -0.05) is 42.5 Å². The normalized spacial score (nSPS) is 10.5. The summed E-state index contributed by atoms with van der Waals surface area (Å²) >= 11 is 1.44. The third-order valence-corrected chi connectivity index (χ3v) is 5.45. The van der Waals surface area contributed by atoms with E-state index in [1.54, 1.807) is 12.3 Å². The van der Waals surface area contributed by atoms with Gasteiger partial charge in [-0.3, -0.25) is 9.59 Å². The zero-order chi connectivity index (χ0) is 22.1. The zero-order valence-corrected chi connectivity index (χ0v) is 18.5. The highest BCUT2D eigenvalue weighted by Gasteiger charge is 2.10. The molecule has 0 aliphatic carbocycles. The summed E-state index contributed by atoms with van der Waals surface area (Å²) in [7, 11) is 1.86. The van der Waals surface area contributed by atoms with Gasteiger partial charge in [0.15, 0.2) is 5.75 Å². The summed E-state index contributed by atoms with van der Waals surface area (Å²) in [4.78, 5) is 24.7. The van der Waals surface area contributed by atoms with Crippen LogP contribution in [0.1, 0.15) is 18.2 Å². The Morgan fingerprint density at radius 1 is 1.03 bits per heavy atom. The van der Waals surface area contributed by atoms with E-state index in [1.165, 1.54) is 11.8 Å². The first-order valence-electron chi connectivity index (χ1n) is 10.0. The number of aromatic nitrogens is 1. The van der Waals surface area contributed by atoms with Gasteiger partial charge in [0.1, 0.15) is 12.4 Å². The summed E-state index contributed by atoms with van der Waals surface area (Å²) in [5.74, 6) is 1.64. The number of anilines is 1. The smallest absolute Gasteiger partial charge is 0.234 e. The zero-order valence-electron chi connectivity index (χ0n) is 17.7. The molecule has 31 heavy (non-hydrogen) atoms. The molecule has 6 nitrogen and oxygen atoms in total. The molecule has 1 heterocycles. The van der Waals surface area contributed by atoms with Crippen molar-refractivity contribution in [2.24, 2.45) is 7.05 Å². The van der Waals surface area contributed by atoms with Crippen LogP contribution in [0, 0.1) is 0 Å². The van der Waals surface area contributed by atoms with E-state index in [0.717, 1.165) is 11.3 Å². The number of nitrogens with one attached hydrogen (secondary N) is 1. The highest BCUT2D eigenvalue weighted by molar-refractivity contribution is 7.99. The van der Waals surface area contributed by atoms with Gasteiger partial charge in [0.25, 0.3) is 0 Å². The lowest BCUT2D eigenvalue weighted by Crippen LogP contribution is -2.16. The molecule has 1 aromatic heterocycles. The monoisotopic (exact) mass is 438 g/mol. The van der Waals surface area contributed by atoms with E-state index in [9.17, 15) is 9.59 Å². The van der Waals surface area contributed by atoms with Crippen LogP contribution in [0.15, 0.2) is 71.7 Å². The average molecular weight is 439 g/mol. The van der Waals surface area contributed by atoms with Gasteiger partial charge in [-0.15, -0.1) is 11.8 Å². The van der Waals surface area contributed by atoms with Gasteiger partial charge in [-0.2, -0.15) is 0 Å². The molecule has 0 bridgehead atoms. The molecule has 3 aromatic rings. The van der Waals surface area contributed by atoms with Crippen molar-refractivity contribution in [1.29, 1.82) is 0 Å². The Balaban J connectivity index is 1.53. The van der Waals surface area contributed by atoms with E-state index >= 15 is 0 Å². The molecule has 1 amide bonds. The predicted molar refractivity (Wildman–Crippen MR) is 125 cm³/mol. The third kappa shape index (κ3) is 6.65. The van der Waals surface area contributed by atoms with Crippen molar-refractivity contribution in [3.05, 3.63) is 88.3 Å². The van der Waals surface area contributed by atoms with Crippen LogP contribution in [0.2, 0.25) is 0 Å². The molecule has 0 aliphatic rings. The van der Waals surface area contributed by atoms with Crippen molar-refractivity contribution in [1.82, 2.24) is 4.57 Å². The quantitative estimate of drug-likeness (QED) is 0.513. The number of hydrogen-bond acceptors (Lipinski definition) is 5. The van der Waals surface area contributed by atoms with E-state index in [2.05, 4.69) is 5.32 Å². The van der Waals surface area contributed by atoms with Crippen molar-refractivity contribution in [2.45, 2.75) is 19.3 Å². The van der Waals surface area contributed by atoms with Crippen LogP contribution in [0.25, 0.3) is 0 Å². The molecule has 162 valence electrons. The maximum Gasteiger partial charge on any atom is 0.234 e. The van der Waals surface area contributed by atoms with Crippen molar-refractivity contribution < 1.29 is 14.3 Å². The van der Waals surface area contributed by atoms with E-state index < -0.39 is 0 Å². The number of benzene rings is 2. The molecule has 0 aliphatic heterocycles. The first-order chi connectivity index (χ1) is 15.1. The van der Waals surface area contributed by atoms with E-state index in [0.29, 0.717) is 36.2 Å². The Morgan fingerprint density at radius 2 is 1.77 bits per heavy atom. The fourth-order valence-electron chi connectivity index (χ4n) is 2.92. The van der Waals surface area contributed by atoms with Crippen LogP contribution in [0.4, 0.5) is 5.69 Å². The van der Waals surface area contributed by atoms with Crippen LogP contribution >= 0.6 is 11.8 Å². The Bertz CT molecular complexity index is 1070. The lowest BCUT2D eigenvalue weighted by Gasteiger charge is -2.13. The number of rotatable bonds is 10. The number of carbonyl (C=O) groups excluding carboxylic acids is 1. The highest BCUT2D eigenvalue weighted by Crippen LogP contribution is 2.24. The minimum absolute atomic E-state index is 0.120. The minimum atomic E-state index is -0.167. The number of para-hydroxylation sites is 2. The van der Waals surface area contributed by atoms with Crippen LogP contribution in [-0.2, 0) is 24.2 Å². The van der Waals surface area contributed by atoms with E-state index in [1.807, 2.05) is 73.1 Å². The first-order valence-corrected chi connectivity index (χ1v) is 11.2. The molecule has 7 heteroatoms.